The summed E-state index contributed by atoms with van der Waals surface area (Å²) in [5.74, 6) is 1.79. The van der Waals surface area contributed by atoms with Crippen molar-refractivity contribution in [2.24, 2.45) is 0 Å². The van der Waals surface area contributed by atoms with Gasteiger partial charge >= 0.3 is 15.6 Å². The molecule has 4 heavy (non-hydrogen) atoms. The quantitative estimate of drug-likeness (QED) is 0.273. The summed E-state index contributed by atoms with van der Waals surface area (Å²) in [5.41, 5.74) is 0. The molecule has 23 valence electrons. The van der Waals surface area contributed by atoms with E-state index in [2.05, 4.69) is 3.94 Å². The maximum atomic E-state index is 7.41. The predicted molar refractivity (Wildman–Crippen MR) is 15.3 cm³/mol. The van der Waals surface area contributed by atoms with Crippen molar-refractivity contribution in [3.63, 3.8) is 0 Å². The number of rotatable bonds is 1. The van der Waals surface area contributed by atoms with E-state index in [0.29, 0.717) is 0 Å². The van der Waals surface area contributed by atoms with Gasteiger partial charge in [0.1, 0.15) is 0 Å². The van der Waals surface area contributed by atoms with Gasteiger partial charge < -0.3 is 3.94 Å². The Balaban J connectivity index is 1.97. The van der Waals surface area contributed by atoms with Gasteiger partial charge in [-0.15, -0.1) is 0 Å². The second-order valence-corrected chi connectivity index (χ2v) is 1.02. The van der Waals surface area contributed by atoms with Crippen LogP contribution in [0.4, 0.5) is 0 Å². The molecule has 0 aromatic carbocycles. The molecule has 0 aliphatic rings. The fourth-order valence-electron chi connectivity index (χ4n) is 0. The molecule has 0 unspecified atom stereocenters. The molecule has 0 fully saturated rings. The first-order chi connectivity index (χ1) is 1.91. The van der Waals surface area contributed by atoms with Crippen LogP contribution in [0, 0.1) is 0 Å². The Morgan fingerprint density at radius 1 is 2.00 bits per heavy atom. The van der Waals surface area contributed by atoms with E-state index in [4.69, 9.17) is 5.26 Å². The van der Waals surface area contributed by atoms with Crippen LogP contribution in [0.3, 0.4) is 0 Å². The molecular weight excluding hydrogens is 71.0 g/mol. The standard InChI is InChI=1S/CH3.Al.H2O2/c;;1-2/h1H3;;1-2H/q;+1;/p-1. The van der Waals surface area contributed by atoms with Crippen molar-refractivity contribution >= 4 is 15.6 Å². The summed E-state index contributed by atoms with van der Waals surface area (Å²) in [6.45, 7) is 0. The molecule has 3 heteroatoms. The molecule has 0 saturated heterocycles. The van der Waals surface area contributed by atoms with E-state index in [-0.39, 0.29) is 15.6 Å². The lowest BCUT2D eigenvalue weighted by Gasteiger charge is -1.72. The Labute approximate surface area is 31.4 Å². The van der Waals surface area contributed by atoms with Crippen molar-refractivity contribution in [2.75, 3.05) is 0 Å². The predicted octanol–water partition coefficient (Wildman–Crippen LogP) is 0.143. The molecule has 1 N–H and O–H groups in total. The summed E-state index contributed by atoms with van der Waals surface area (Å²) in [6.07, 6.45) is 0. The maximum absolute atomic E-state index is 7.41. The SMILES string of the molecule is [CH3][Al][O]O. The Kier molecular flexibility index (Phi) is 3.84. The minimum Gasteiger partial charge on any atom is -0.387 e. The molecule has 2 nitrogen and oxygen atoms in total. The van der Waals surface area contributed by atoms with Crippen LogP contribution in [0.5, 0.6) is 0 Å². The lowest BCUT2D eigenvalue weighted by atomic mass is 11.9. The Hall–Kier alpha value is 0.452. The van der Waals surface area contributed by atoms with Crippen LogP contribution >= 0.6 is 0 Å². The van der Waals surface area contributed by atoms with Crippen molar-refractivity contribution < 1.29 is 9.20 Å². The molecule has 0 aliphatic carbocycles. The summed E-state index contributed by atoms with van der Waals surface area (Å²) in [6, 6.07) is 0. The van der Waals surface area contributed by atoms with E-state index < -0.39 is 0 Å². The smallest absolute Gasteiger partial charge is 0.387 e. The van der Waals surface area contributed by atoms with Crippen LogP contribution in [0.25, 0.3) is 0 Å². The molecule has 0 heterocycles. The van der Waals surface area contributed by atoms with Gasteiger partial charge in [-0.1, -0.05) is 5.79 Å². The van der Waals surface area contributed by atoms with E-state index in [0.717, 1.165) is 0 Å². The van der Waals surface area contributed by atoms with Gasteiger partial charge in [-0.2, -0.15) is 0 Å². The first-order valence-corrected chi connectivity index (χ1v) is 2.62. The molecule has 0 saturated carbocycles. The summed E-state index contributed by atoms with van der Waals surface area (Å²) in [4.78, 5) is 0. The molecule has 0 aromatic heterocycles. The third-order valence-electron chi connectivity index (χ3n) is 0.105. The molecule has 0 aromatic rings. The van der Waals surface area contributed by atoms with Crippen molar-refractivity contribution in [1.29, 1.82) is 0 Å². The molecule has 0 amide bonds. The minimum atomic E-state index is -0.162. The highest BCUT2D eigenvalue weighted by Crippen LogP contribution is 1.46. The molecule has 1 radical (unpaired) electrons. The van der Waals surface area contributed by atoms with Crippen molar-refractivity contribution in [3.8, 4) is 0 Å². The Bertz CT molecular complexity index is 8.00. The Morgan fingerprint density at radius 3 is 2.25 bits per heavy atom. The lowest BCUT2D eigenvalue weighted by Crippen LogP contribution is -1.80. The van der Waals surface area contributed by atoms with Crippen molar-refractivity contribution in [3.05, 3.63) is 0 Å². The van der Waals surface area contributed by atoms with Gasteiger partial charge in [-0.25, -0.2) is 0 Å². The second-order valence-electron chi connectivity index (χ2n) is 0.341. The van der Waals surface area contributed by atoms with Gasteiger partial charge in [0.2, 0.25) is 0 Å². The molecule has 0 aliphatic heterocycles. The highest BCUT2D eigenvalue weighted by molar-refractivity contribution is 6.24. The van der Waals surface area contributed by atoms with E-state index in [1.165, 1.54) is 0 Å². The highest BCUT2D eigenvalue weighted by atomic mass is 27.1. The van der Waals surface area contributed by atoms with E-state index in [1.807, 2.05) is 0 Å². The molecular formula is CH4AlO2. The normalized spacial score (nSPS) is 6.50. The van der Waals surface area contributed by atoms with E-state index >= 15 is 0 Å². The first-order valence-electron chi connectivity index (χ1n) is 0.996. The third kappa shape index (κ3) is 2.45. The zero-order chi connectivity index (χ0) is 3.41. The summed E-state index contributed by atoms with van der Waals surface area (Å²) in [7, 11) is 0. The van der Waals surface area contributed by atoms with Gasteiger partial charge in [0.15, 0.2) is 0 Å². The minimum absolute atomic E-state index is 0.162. The second kappa shape index (κ2) is 3.45. The first kappa shape index (κ1) is 4.45. The molecule has 0 spiro atoms. The van der Waals surface area contributed by atoms with Crippen LogP contribution in [0.2, 0.25) is 5.79 Å². The van der Waals surface area contributed by atoms with Crippen molar-refractivity contribution in [2.45, 2.75) is 5.79 Å². The van der Waals surface area contributed by atoms with Crippen molar-refractivity contribution in [1.82, 2.24) is 0 Å². The highest BCUT2D eigenvalue weighted by Gasteiger charge is 1.68. The third-order valence-corrected chi connectivity index (χ3v) is 0.316. The van der Waals surface area contributed by atoms with Crippen LogP contribution < -0.4 is 0 Å². The van der Waals surface area contributed by atoms with Gasteiger partial charge in [-0.3, -0.25) is 5.26 Å². The largest absolute Gasteiger partial charge is 0.477 e. The van der Waals surface area contributed by atoms with Crippen LogP contribution in [0.15, 0.2) is 0 Å². The maximum Gasteiger partial charge on any atom is 0.477 e. The van der Waals surface area contributed by atoms with Gasteiger partial charge in [0, 0.05) is 0 Å². The van der Waals surface area contributed by atoms with Crippen LogP contribution in [0.1, 0.15) is 0 Å². The average Bonchev–Trinajstić information content (AvgIpc) is 1.37. The fourth-order valence-corrected chi connectivity index (χ4v) is 0. The van der Waals surface area contributed by atoms with Crippen LogP contribution in [-0.4, -0.2) is 20.8 Å². The molecule has 0 rings (SSSR count). The van der Waals surface area contributed by atoms with Gasteiger partial charge in [-0.05, 0) is 0 Å². The summed E-state index contributed by atoms with van der Waals surface area (Å²) >= 11 is -0.162. The fraction of sp³-hybridized carbons (Fsp3) is 1.00. The zero-order valence-electron chi connectivity index (χ0n) is 2.43. The monoisotopic (exact) mass is 75.0 g/mol. The number of hydrogen-bond acceptors (Lipinski definition) is 2. The zero-order valence-corrected chi connectivity index (χ0v) is 3.59. The average molecular weight is 75.0 g/mol. The van der Waals surface area contributed by atoms with E-state index in [1.54, 1.807) is 5.79 Å². The van der Waals surface area contributed by atoms with Gasteiger partial charge in [0.05, 0.1) is 0 Å². The summed E-state index contributed by atoms with van der Waals surface area (Å²) < 4.78 is 3.62. The topological polar surface area (TPSA) is 29.5 Å². The summed E-state index contributed by atoms with van der Waals surface area (Å²) in [5, 5.41) is 7.41. The number of hydrogen-bond donors (Lipinski definition) is 1. The molecule has 0 atom stereocenters. The van der Waals surface area contributed by atoms with Crippen LogP contribution in [-0.2, 0) is 3.94 Å². The van der Waals surface area contributed by atoms with E-state index in [9.17, 15) is 0 Å². The Morgan fingerprint density at radius 2 is 2.25 bits per heavy atom. The molecule has 0 bridgehead atoms. The lowest BCUT2D eigenvalue weighted by molar-refractivity contribution is -0.137. The van der Waals surface area contributed by atoms with Gasteiger partial charge in [0.25, 0.3) is 0 Å².